The second-order valence-electron chi connectivity index (χ2n) is 6.01. The molecular weight excluding hydrogens is 284 g/mol. The number of aryl methyl sites for hydroxylation is 1. The van der Waals surface area contributed by atoms with Gasteiger partial charge in [0.1, 0.15) is 0 Å². The van der Waals surface area contributed by atoms with Crippen LogP contribution in [0.1, 0.15) is 40.7 Å². The van der Waals surface area contributed by atoms with Gasteiger partial charge in [0.2, 0.25) is 0 Å². The van der Waals surface area contributed by atoms with Gasteiger partial charge in [-0.1, -0.05) is 6.92 Å². The van der Waals surface area contributed by atoms with Crippen molar-refractivity contribution >= 4 is 17.2 Å². The summed E-state index contributed by atoms with van der Waals surface area (Å²) >= 11 is 1.62. The van der Waals surface area contributed by atoms with Gasteiger partial charge < -0.3 is 10.0 Å². The largest absolute Gasteiger partial charge is 0.391 e. The standard InChI is InChI=1S/C16H24N2O2S/c1-2-12-6-7-15(21-12)16(20)18-10-8-17(9-11-18)13-4-3-5-14(13)19/h6-7,13-14,19H,2-5,8-11H2,1H3/t13-,14-/m1/s1. The number of carbonyl (C=O) groups excluding carboxylic acids is 1. The minimum absolute atomic E-state index is 0.170. The molecule has 2 aliphatic rings. The Kier molecular flexibility index (Phi) is 4.62. The molecule has 4 nitrogen and oxygen atoms in total. The number of aliphatic hydroxyl groups is 1. The van der Waals surface area contributed by atoms with E-state index in [2.05, 4.69) is 17.9 Å². The fraction of sp³-hybridized carbons (Fsp3) is 0.688. The molecule has 2 heterocycles. The van der Waals surface area contributed by atoms with E-state index in [1.807, 2.05) is 11.0 Å². The lowest BCUT2D eigenvalue weighted by atomic mass is 10.1. The summed E-state index contributed by atoms with van der Waals surface area (Å²) < 4.78 is 0. The van der Waals surface area contributed by atoms with Crippen LogP contribution in [0.4, 0.5) is 0 Å². The zero-order valence-electron chi connectivity index (χ0n) is 12.6. The van der Waals surface area contributed by atoms with Gasteiger partial charge in [-0.05, 0) is 37.8 Å². The quantitative estimate of drug-likeness (QED) is 0.928. The molecule has 0 aromatic carbocycles. The van der Waals surface area contributed by atoms with Crippen LogP contribution in [-0.2, 0) is 6.42 Å². The Balaban J connectivity index is 1.56. The van der Waals surface area contributed by atoms with Crippen molar-refractivity contribution in [3.8, 4) is 0 Å². The molecule has 2 atom stereocenters. The highest BCUT2D eigenvalue weighted by Crippen LogP contribution is 2.26. The minimum atomic E-state index is -0.170. The van der Waals surface area contributed by atoms with Gasteiger partial charge in [0.25, 0.3) is 5.91 Å². The Hall–Kier alpha value is -0.910. The van der Waals surface area contributed by atoms with Crippen molar-refractivity contribution in [2.45, 2.75) is 44.8 Å². The molecule has 1 saturated carbocycles. The number of aliphatic hydroxyl groups excluding tert-OH is 1. The van der Waals surface area contributed by atoms with E-state index in [0.717, 1.165) is 56.7 Å². The second kappa shape index (κ2) is 6.46. The Bertz CT molecular complexity index is 494. The van der Waals surface area contributed by atoms with Crippen LogP contribution >= 0.6 is 11.3 Å². The molecule has 5 heteroatoms. The highest BCUT2D eigenvalue weighted by molar-refractivity contribution is 7.14. The average molecular weight is 308 g/mol. The number of hydrogen-bond acceptors (Lipinski definition) is 4. The van der Waals surface area contributed by atoms with E-state index in [1.54, 1.807) is 11.3 Å². The van der Waals surface area contributed by atoms with Crippen molar-refractivity contribution in [1.82, 2.24) is 9.80 Å². The molecule has 1 aliphatic heterocycles. The molecule has 1 saturated heterocycles. The van der Waals surface area contributed by atoms with Gasteiger partial charge >= 0.3 is 0 Å². The highest BCUT2D eigenvalue weighted by atomic mass is 32.1. The van der Waals surface area contributed by atoms with Crippen molar-refractivity contribution in [3.05, 3.63) is 21.9 Å². The molecule has 0 bridgehead atoms. The normalized spacial score (nSPS) is 27.2. The summed E-state index contributed by atoms with van der Waals surface area (Å²) in [4.78, 5) is 19.0. The Labute approximate surface area is 130 Å². The zero-order valence-corrected chi connectivity index (χ0v) is 13.4. The summed E-state index contributed by atoms with van der Waals surface area (Å²) in [6.07, 6.45) is 3.97. The summed E-state index contributed by atoms with van der Waals surface area (Å²) in [5.41, 5.74) is 0. The summed E-state index contributed by atoms with van der Waals surface area (Å²) in [7, 11) is 0. The van der Waals surface area contributed by atoms with Gasteiger partial charge in [-0.2, -0.15) is 0 Å². The summed E-state index contributed by atoms with van der Waals surface area (Å²) in [6.45, 7) is 5.45. The van der Waals surface area contributed by atoms with Crippen molar-refractivity contribution < 1.29 is 9.90 Å². The van der Waals surface area contributed by atoms with Crippen molar-refractivity contribution in [2.24, 2.45) is 0 Å². The molecule has 0 unspecified atom stereocenters. The third-order valence-electron chi connectivity index (χ3n) is 4.74. The number of nitrogens with zero attached hydrogens (tertiary/aromatic N) is 2. The first kappa shape index (κ1) is 15.0. The Morgan fingerprint density at radius 1 is 1.29 bits per heavy atom. The monoisotopic (exact) mass is 308 g/mol. The fourth-order valence-corrected chi connectivity index (χ4v) is 4.36. The van der Waals surface area contributed by atoms with Crippen LogP contribution in [-0.4, -0.2) is 59.1 Å². The molecule has 21 heavy (non-hydrogen) atoms. The van der Waals surface area contributed by atoms with Crippen LogP contribution in [0.25, 0.3) is 0 Å². The van der Waals surface area contributed by atoms with Crippen LogP contribution < -0.4 is 0 Å². The van der Waals surface area contributed by atoms with E-state index in [9.17, 15) is 9.90 Å². The molecule has 116 valence electrons. The Morgan fingerprint density at radius 3 is 2.62 bits per heavy atom. The second-order valence-corrected chi connectivity index (χ2v) is 7.18. The predicted molar refractivity (Wildman–Crippen MR) is 84.8 cm³/mol. The topological polar surface area (TPSA) is 43.8 Å². The first-order chi connectivity index (χ1) is 10.2. The maximum atomic E-state index is 12.5. The van der Waals surface area contributed by atoms with E-state index >= 15 is 0 Å². The number of hydrogen-bond donors (Lipinski definition) is 1. The van der Waals surface area contributed by atoms with Crippen molar-refractivity contribution in [1.29, 1.82) is 0 Å². The van der Waals surface area contributed by atoms with Gasteiger partial charge in [0.15, 0.2) is 0 Å². The van der Waals surface area contributed by atoms with Gasteiger partial charge in [0.05, 0.1) is 11.0 Å². The predicted octanol–water partition coefficient (Wildman–Crippen LogP) is 1.98. The van der Waals surface area contributed by atoms with Crippen molar-refractivity contribution in [3.63, 3.8) is 0 Å². The molecule has 2 fully saturated rings. The summed E-state index contributed by atoms with van der Waals surface area (Å²) in [5.74, 6) is 0.173. The SMILES string of the molecule is CCc1ccc(C(=O)N2CCN([C@@H]3CCC[C@H]3O)CC2)s1. The van der Waals surface area contributed by atoms with Gasteiger partial charge in [0, 0.05) is 37.1 Å². The van der Waals surface area contributed by atoms with Gasteiger partial charge in [-0.25, -0.2) is 0 Å². The van der Waals surface area contributed by atoms with E-state index in [4.69, 9.17) is 0 Å². The fourth-order valence-electron chi connectivity index (χ4n) is 3.44. The van der Waals surface area contributed by atoms with Crippen LogP contribution in [0.15, 0.2) is 12.1 Å². The van der Waals surface area contributed by atoms with Crippen LogP contribution in [0.2, 0.25) is 0 Å². The van der Waals surface area contributed by atoms with E-state index in [1.165, 1.54) is 4.88 Å². The molecular formula is C16H24N2O2S. The third kappa shape index (κ3) is 3.15. The third-order valence-corrected chi connectivity index (χ3v) is 5.95. The zero-order chi connectivity index (χ0) is 14.8. The lowest BCUT2D eigenvalue weighted by Gasteiger charge is -2.39. The lowest BCUT2D eigenvalue weighted by molar-refractivity contribution is 0.0318. The van der Waals surface area contributed by atoms with Gasteiger partial charge in [-0.3, -0.25) is 9.69 Å². The van der Waals surface area contributed by atoms with Crippen LogP contribution in [0.5, 0.6) is 0 Å². The minimum Gasteiger partial charge on any atom is -0.391 e. The molecule has 1 amide bonds. The van der Waals surface area contributed by atoms with Crippen LogP contribution in [0.3, 0.4) is 0 Å². The molecule has 1 aliphatic carbocycles. The first-order valence-electron chi connectivity index (χ1n) is 7.99. The number of rotatable bonds is 3. The molecule has 1 aromatic heterocycles. The molecule has 0 radical (unpaired) electrons. The lowest BCUT2D eigenvalue weighted by Crippen LogP contribution is -2.53. The van der Waals surface area contributed by atoms with E-state index in [-0.39, 0.29) is 12.0 Å². The summed E-state index contributed by atoms with van der Waals surface area (Å²) in [5, 5.41) is 10.0. The first-order valence-corrected chi connectivity index (χ1v) is 8.80. The molecule has 0 spiro atoms. The number of carbonyl (C=O) groups is 1. The molecule has 3 rings (SSSR count). The number of thiophene rings is 1. The van der Waals surface area contributed by atoms with Gasteiger partial charge in [-0.15, -0.1) is 11.3 Å². The number of amides is 1. The van der Waals surface area contributed by atoms with E-state index < -0.39 is 0 Å². The molecule has 1 N–H and O–H groups in total. The van der Waals surface area contributed by atoms with Crippen molar-refractivity contribution in [2.75, 3.05) is 26.2 Å². The Morgan fingerprint density at radius 2 is 2.05 bits per heavy atom. The smallest absolute Gasteiger partial charge is 0.264 e. The maximum Gasteiger partial charge on any atom is 0.264 e. The maximum absolute atomic E-state index is 12.5. The number of piperazine rings is 1. The highest BCUT2D eigenvalue weighted by Gasteiger charge is 2.33. The molecule has 1 aromatic rings. The summed E-state index contributed by atoms with van der Waals surface area (Å²) in [6, 6.07) is 4.33. The van der Waals surface area contributed by atoms with E-state index in [0.29, 0.717) is 6.04 Å². The van der Waals surface area contributed by atoms with Crippen LogP contribution in [0, 0.1) is 0 Å². The average Bonchev–Trinajstić information content (AvgIpc) is 3.15.